The summed E-state index contributed by atoms with van der Waals surface area (Å²) in [4.78, 5) is 11.8. The van der Waals surface area contributed by atoms with Crippen molar-refractivity contribution in [3.05, 3.63) is 53.6 Å². The number of aryl methyl sites for hydroxylation is 2. The number of nitrogens with one attached hydrogen (secondary N) is 1. The molecule has 0 aromatic heterocycles. The van der Waals surface area contributed by atoms with Gasteiger partial charge in [-0.2, -0.15) is 0 Å². The average molecular weight is 243 g/mol. The van der Waals surface area contributed by atoms with Gasteiger partial charge in [0.1, 0.15) is 0 Å². The van der Waals surface area contributed by atoms with Gasteiger partial charge < -0.3 is 5.32 Å². The quantitative estimate of drug-likeness (QED) is 0.617. The molecule has 1 aromatic rings. The van der Waals surface area contributed by atoms with E-state index in [1.54, 1.807) is 12.2 Å². The molecular weight excluding hydrogens is 222 g/mol. The molecule has 96 valence electrons. The van der Waals surface area contributed by atoms with Crippen LogP contribution in [-0.4, -0.2) is 5.91 Å². The Morgan fingerprint density at radius 2 is 1.78 bits per heavy atom. The maximum absolute atomic E-state index is 11.8. The summed E-state index contributed by atoms with van der Waals surface area (Å²) in [5.74, 6) is -0.0799. The Bertz CT molecular complexity index is 436. The summed E-state index contributed by atoms with van der Waals surface area (Å²) < 4.78 is 0. The Labute approximate surface area is 109 Å². The van der Waals surface area contributed by atoms with Gasteiger partial charge in [0.2, 0.25) is 5.91 Å². The van der Waals surface area contributed by atoms with Gasteiger partial charge in [0.15, 0.2) is 0 Å². The average Bonchev–Trinajstić information content (AvgIpc) is 2.39. The SMILES string of the molecule is CC=CC=CC(=O)Nc1c(CC)cccc1CC. The number of amides is 1. The molecule has 1 N–H and O–H groups in total. The van der Waals surface area contributed by atoms with Gasteiger partial charge in [-0.3, -0.25) is 4.79 Å². The lowest BCUT2D eigenvalue weighted by Crippen LogP contribution is -2.11. The second-order valence-corrected chi connectivity index (χ2v) is 4.03. The van der Waals surface area contributed by atoms with E-state index in [2.05, 4.69) is 31.3 Å². The number of para-hydroxylation sites is 1. The fourth-order valence-corrected chi connectivity index (χ4v) is 1.82. The zero-order chi connectivity index (χ0) is 13.4. The molecule has 0 atom stereocenters. The summed E-state index contributed by atoms with van der Waals surface area (Å²) in [6, 6.07) is 6.16. The first kappa shape index (κ1) is 14.2. The van der Waals surface area contributed by atoms with Crippen molar-refractivity contribution in [2.75, 3.05) is 5.32 Å². The number of rotatable bonds is 5. The monoisotopic (exact) mass is 243 g/mol. The van der Waals surface area contributed by atoms with Gasteiger partial charge in [-0.1, -0.05) is 50.3 Å². The van der Waals surface area contributed by atoms with E-state index < -0.39 is 0 Å². The Morgan fingerprint density at radius 1 is 1.17 bits per heavy atom. The smallest absolute Gasteiger partial charge is 0.248 e. The lowest BCUT2D eigenvalue weighted by atomic mass is 10.0. The van der Waals surface area contributed by atoms with Crippen molar-refractivity contribution in [2.45, 2.75) is 33.6 Å². The number of allylic oxidation sites excluding steroid dienone is 3. The zero-order valence-corrected chi connectivity index (χ0v) is 11.4. The summed E-state index contributed by atoms with van der Waals surface area (Å²) in [5, 5.41) is 2.98. The van der Waals surface area contributed by atoms with Gasteiger partial charge >= 0.3 is 0 Å². The number of carbonyl (C=O) groups is 1. The Morgan fingerprint density at radius 3 is 2.28 bits per heavy atom. The van der Waals surface area contributed by atoms with Crippen molar-refractivity contribution in [1.82, 2.24) is 0 Å². The molecule has 1 amide bonds. The van der Waals surface area contributed by atoms with Crippen LogP contribution < -0.4 is 5.32 Å². The molecule has 0 heterocycles. The summed E-state index contributed by atoms with van der Waals surface area (Å²) in [6.45, 7) is 6.12. The molecule has 0 bridgehead atoms. The summed E-state index contributed by atoms with van der Waals surface area (Å²) in [6.07, 6.45) is 8.86. The van der Waals surface area contributed by atoms with Gasteiger partial charge in [0, 0.05) is 11.8 Å². The van der Waals surface area contributed by atoms with Gasteiger partial charge in [0.05, 0.1) is 0 Å². The van der Waals surface area contributed by atoms with Gasteiger partial charge in [0.25, 0.3) is 0 Å². The number of hydrogen-bond donors (Lipinski definition) is 1. The summed E-state index contributed by atoms with van der Waals surface area (Å²) in [7, 11) is 0. The second-order valence-electron chi connectivity index (χ2n) is 4.03. The van der Waals surface area contributed by atoms with Crippen LogP contribution in [0.1, 0.15) is 31.9 Å². The third-order valence-electron chi connectivity index (χ3n) is 2.80. The third kappa shape index (κ3) is 3.88. The first-order valence-corrected chi connectivity index (χ1v) is 6.44. The Hall–Kier alpha value is -1.83. The van der Waals surface area contributed by atoms with Crippen molar-refractivity contribution in [1.29, 1.82) is 0 Å². The molecule has 0 aliphatic heterocycles. The summed E-state index contributed by atoms with van der Waals surface area (Å²) in [5.41, 5.74) is 3.34. The normalized spacial score (nSPS) is 11.3. The summed E-state index contributed by atoms with van der Waals surface area (Å²) >= 11 is 0. The van der Waals surface area contributed by atoms with Crippen LogP contribution in [0, 0.1) is 0 Å². The minimum atomic E-state index is -0.0799. The van der Waals surface area contributed by atoms with Crippen LogP contribution in [-0.2, 0) is 17.6 Å². The highest BCUT2D eigenvalue weighted by atomic mass is 16.1. The van der Waals surface area contributed by atoms with Crippen LogP contribution in [0.25, 0.3) is 0 Å². The molecule has 2 heteroatoms. The number of carbonyl (C=O) groups excluding carboxylic acids is 1. The van der Waals surface area contributed by atoms with Crippen LogP contribution in [0.3, 0.4) is 0 Å². The molecule has 2 nitrogen and oxygen atoms in total. The molecule has 18 heavy (non-hydrogen) atoms. The zero-order valence-electron chi connectivity index (χ0n) is 11.4. The van der Waals surface area contributed by atoms with E-state index in [1.807, 2.05) is 25.1 Å². The number of anilines is 1. The fourth-order valence-electron chi connectivity index (χ4n) is 1.82. The minimum Gasteiger partial charge on any atom is -0.322 e. The predicted octanol–water partition coefficient (Wildman–Crippen LogP) is 3.88. The van der Waals surface area contributed by atoms with Crippen LogP contribution in [0.2, 0.25) is 0 Å². The van der Waals surface area contributed by atoms with Crippen molar-refractivity contribution in [2.24, 2.45) is 0 Å². The van der Waals surface area contributed by atoms with Crippen LogP contribution in [0.4, 0.5) is 5.69 Å². The van der Waals surface area contributed by atoms with E-state index in [1.165, 1.54) is 11.1 Å². The van der Waals surface area contributed by atoms with Crippen molar-refractivity contribution < 1.29 is 4.79 Å². The minimum absolute atomic E-state index is 0.0799. The molecule has 0 aliphatic rings. The number of benzene rings is 1. The standard InChI is InChI=1S/C16H21NO/c1-4-7-8-12-15(18)17-16-13(5-2)10-9-11-14(16)6-3/h4,7-12H,5-6H2,1-3H3,(H,17,18). The molecule has 0 radical (unpaired) electrons. The fraction of sp³-hybridized carbons (Fsp3) is 0.312. The van der Waals surface area contributed by atoms with Crippen molar-refractivity contribution >= 4 is 11.6 Å². The lowest BCUT2D eigenvalue weighted by molar-refractivity contribution is -0.111. The van der Waals surface area contributed by atoms with Crippen molar-refractivity contribution in [3.63, 3.8) is 0 Å². The van der Waals surface area contributed by atoms with E-state index in [0.717, 1.165) is 18.5 Å². The molecule has 1 aromatic carbocycles. The Kier molecular flexibility index (Phi) is 5.92. The van der Waals surface area contributed by atoms with E-state index in [0.29, 0.717) is 0 Å². The maximum Gasteiger partial charge on any atom is 0.248 e. The predicted molar refractivity (Wildman–Crippen MR) is 77.8 cm³/mol. The highest BCUT2D eigenvalue weighted by Gasteiger charge is 2.07. The topological polar surface area (TPSA) is 29.1 Å². The van der Waals surface area contributed by atoms with Crippen molar-refractivity contribution in [3.8, 4) is 0 Å². The lowest BCUT2D eigenvalue weighted by Gasteiger charge is -2.13. The highest BCUT2D eigenvalue weighted by molar-refractivity contribution is 6.00. The first-order chi connectivity index (χ1) is 8.72. The van der Waals surface area contributed by atoms with Crippen LogP contribution in [0.15, 0.2) is 42.5 Å². The van der Waals surface area contributed by atoms with E-state index in [9.17, 15) is 4.79 Å². The number of hydrogen-bond acceptors (Lipinski definition) is 1. The Balaban J connectivity index is 2.91. The molecule has 0 saturated carbocycles. The molecule has 0 unspecified atom stereocenters. The third-order valence-corrected chi connectivity index (χ3v) is 2.80. The molecule has 0 fully saturated rings. The molecule has 1 rings (SSSR count). The molecule has 0 saturated heterocycles. The van der Waals surface area contributed by atoms with Crippen LogP contribution >= 0.6 is 0 Å². The van der Waals surface area contributed by atoms with E-state index in [-0.39, 0.29) is 5.91 Å². The van der Waals surface area contributed by atoms with Gasteiger partial charge in [-0.25, -0.2) is 0 Å². The maximum atomic E-state index is 11.8. The van der Waals surface area contributed by atoms with E-state index >= 15 is 0 Å². The molecular formula is C16H21NO. The largest absolute Gasteiger partial charge is 0.322 e. The molecule has 0 spiro atoms. The van der Waals surface area contributed by atoms with Gasteiger partial charge in [-0.05, 0) is 30.9 Å². The van der Waals surface area contributed by atoms with Crippen LogP contribution in [0.5, 0.6) is 0 Å². The first-order valence-electron chi connectivity index (χ1n) is 6.44. The second kappa shape index (κ2) is 7.49. The molecule has 0 aliphatic carbocycles. The van der Waals surface area contributed by atoms with Gasteiger partial charge in [-0.15, -0.1) is 0 Å². The highest BCUT2D eigenvalue weighted by Crippen LogP contribution is 2.22. The van der Waals surface area contributed by atoms with E-state index in [4.69, 9.17) is 0 Å².